The van der Waals surface area contributed by atoms with Gasteiger partial charge in [0.05, 0.1) is 0 Å². The lowest BCUT2D eigenvalue weighted by atomic mass is 10.2. The average Bonchev–Trinajstić information content (AvgIpc) is 2.45. The number of halogens is 2. The standard InChI is InChI=1S/C15H18Cl2N2O3/c1-10(22-14-8-12(16)7-13(17)9-14)15(21)19-5-3-18(4-6-19)11(2)20/h7-10H,3-6H2,1-2H3/t10-/m0/s1. The van der Waals surface area contributed by atoms with Crippen molar-refractivity contribution in [3.63, 3.8) is 0 Å². The zero-order valence-electron chi connectivity index (χ0n) is 12.5. The maximum Gasteiger partial charge on any atom is 0.263 e. The van der Waals surface area contributed by atoms with Gasteiger partial charge in [0, 0.05) is 43.1 Å². The first-order valence-corrected chi connectivity index (χ1v) is 7.79. The van der Waals surface area contributed by atoms with Crippen molar-refractivity contribution in [2.24, 2.45) is 0 Å². The predicted molar refractivity (Wildman–Crippen MR) is 85.4 cm³/mol. The summed E-state index contributed by atoms with van der Waals surface area (Å²) in [6.45, 7) is 5.36. The van der Waals surface area contributed by atoms with Gasteiger partial charge in [-0.25, -0.2) is 0 Å². The molecule has 1 atom stereocenters. The highest BCUT2D eigenvalue weighted by atomic mass is 35.5. The number of ether oxygens (including phenoxy) is 1. The minimum absolute atomic E-state index is 0.0324. The van der Waals surface area contributed by atoms with Crippen LogP contribution in [0.1, 0.15) is 13.8 Å². The monoisotopic (exact) mass is 344 g/mol. The Bertz CT molecular complexity index is 552. The van der Waals surface area contributed by atoms with Crippen molar-refractivity contribution in [1.82, 2.24) is 9.80 Å². The number of carbonyl (C=O) groups excluding carboxylic acids is 2. The summed E-state index contributed by atoms with van der Waals surface area (Å²) in [6.07, 6.45) is -0.640. The smallest absolute Gasteiger partial charge is 0.263 e. The van der Waals surface area contributed by atoms with Gasteiger partial charge in [-0.1, -0.05) is 23.2 Å². The maximum atomic E-state index is 12.4. The molecule has 22 heavy (non-hydrogen) atoms. The summed E-state index contributed by atoms with van der Waals surface area (Å²) < 4.78 is 5.62. The molecule has 7 heteroatoms. The zero-order chi connectivity index (χ0) is 16.3. The second kappa shape index (κ2) is 7.20. The first-order chi connectivity index (χ1) is 10.4. The molecule has 1 saturated heterocycles. The molecule has 1 aromatic rings. The van der Waals surface area contributed by atoms with Crippen LogP contribution in [0.5, 0.6) is 5.75 Å². The lowest BCUT2D eigenvalue weighted by molar-refractivity contribution is -0.143. The summed E-state index contributed by atoms with van der Waals surface area (Å²) in [6, 6.07) is 4.83. The molecule has 1 aliphatic rings. The molecule has 1 heterocycles. The quantitative estimate of drug-likeness (QED) is 0.846. The number of hydrogen-bond acceptors (Lipinski definition) is 3. The Morgan fingerprint density at radius 1 is 1.05 bits per heavy atom. The summed E-state index contributed by atoms with van der Waals surface area (Å²) in [5, 5.41) is 0.912. The van der Waals surface area contributed by atoms with E-state index in [1.807, 2.05) is 0 Å². The average molecular weight is 345 g/mol. The van der Waals surface area contributed by atoms with Crippen molar-refractivity contribution in [1.29, 1.82) is 0 Å². The molecule has 2 rings (SSSR count). The van der Waals surface area contributed by atoms with Crippen LogP contribution in [0.2, 0.25) is 10.0 Å². The second-order valence-corrected chi connectivity index (χ2v) is 6.07. The van der Waals surface area contributed by atoms with Gasteiger partial charge >= 0.3 is 0 Å². The van der Waals surface area contributed by atoms with Gasteiger partial charge in [-0.3, -0.25) is 9.59 Å². The van der Waals surface area contributed by atoms with E-state index in [0.29, 0.717) is 42.0 Å². The Morgan fingerprint density at radius 2 is 1.55 bits per heavy atom. The molecule has 2 amide bonds. The fraction of sp³-hybridized carbons (Fsp3) is 0.467. The minimum atomic E-state index is -0.640. The summed E-state index contributed by atoms with van der Waals surface area (Å²) >= 11 is 11.8. The van der Waals surface area contributed by atoms with Crippen molar-refractivity contribution < 1.29 is 14.3 Å². The van der Waals surface area contributed by atoms with Crippen molar-refractivity contribution >= 4 is 35.0 Å². The predicted octanol–water partition coefficient (Wildman–Crippen LogP) is 2.45. The second-order valence-electron chi connectivity index (χ2n) is 5.20. The number of nitrogens with zero attached hydrogens (tertiary/aromatic N) is 2. The first-order valence-electron chi connectivity index (χ1n) is 7.04. The van der Waals surface area contributed by atoms with Gasteiger partial charge < -0.3 is 14.5 Å². The van der Waals surface area contributed by atoms with Gasteiger partial charge in [0.25, 0.3) is 5.91 Å². The Labute approximate surface area is 139 Å². The Hall–Kier alpha value is -1.46. The number of rotatable bonds is 3. The molecule has 0 saturated carbocycles. The molecule has 0 aliphatic carbocycles. The molecule has 0 bridgehead atoms. The van der Waals surface area contributed by atoms with E-state index in [9.17, 15) is 9.59 Å². The van der Waals surface area contributed by atoms with Gasteiger partial charge in [0.1, 0.15) is 5.75 Å². The highest BCUT2D eigenvalue weighted by molar-refractivity contribution is 6.34. The molecule has 0 aromatic heterocycles. The molecule has 0 unspecified atom stereocenters. The molecule has 120 valence electrons. The Morgan fingerprint density at radius 3 is 2.05 bits per heavy atom. The lowest BCUT2D eigenvalue weighted by Crippen LogP contribution is -2.52. The molecule has 0 radical (unpaired) electrons. The fourth-order valence-electron chi connectivity index (χ4n) is 2.35. The summed E-state index contributed by atoms with van der Waals surface area (Å²) in [5.74, 6) is 0.380. The van der Waals surface area contributed by atoms with Crippen LogP contribution in [0, 0.1) is 0 Å². The topological polar surface area (TPSA) is 49.9 Å². The molecule has 1 fully saturated rings. The number of carbonyl (C=O) groups is 2. The normalized spacial score (nSPS) is 16.4. The molecule has 1 aliphatic heterocycles. The van der Waals surface area contributed by atoms with Crippen LogP contribution >= 0.6 is 23.2 Å². The van der Waals surface area contributed by atoms with E-state index in [1.165, 1.54) is 6.92 Å². The van der Waals surface area contributed by atoms with E-state index < -0.39 is 6.10 Å². The van der Waals surface area contributed by atoms with Gasteiger partial charge in [0.2, 0.25) is 5.91 Å². The SMILES string of the molecule is CC(=O)N1CCN(C(=O)[C@H](C)Oc2cc(Cl)cc(Cl)c2)CC1. The number of hydrogen-bond donors (Lipinski definition) is 0. The third-order valence-electron chi connectivity index (χ3n) is 3.53. The van der Waals surface area contributed by atoms with E-state index in [1.54, 1.807) is 34.9 Å². The van der Waals surface area contributed by atoms with Crippen LogP contribution in [0.4, 0.5) is 0 Å². The van der Waals surface area contributed by atoms with Gasteiger partial charge in [-0.05, 0) is 25.1 Å². The minimum Gasteiger partial charge on any atom is -0.481 e. The van der Waals surface area contributed by atoms with Crippen LogP contribution in [0.3, 0.4) is 0 Å². The third kappa shape index (κ3) is 4.27. The van der Waals surface area contributed by atoms with E-state index in [2.05, 4.69) is 0 Å². The molecule has 5 nitrogen and oxygen atoms in total. The largest absolute Gasteiger partial charge is 0.481 e. The van der Waals surface area contributed by atoms with E-state index in [0.717, 1.165) is 0 Å². The molecule has 0 N–H and O–H groups in total. The number of piperazine rings is 1. The van der Waals surface area contributed by atoms with Crippen molar-refractivity contribution in [3.8, 4) is 5.75 Å². The van der Waals surface area contributed by atoms with Crippen LogP contribution < -0.4 is 4.74 Å². The highest BCUT2D eigenvalue weighted by Gasteiger charge is 2.26. The lowest BCUT2D eigenvalue weighted by Gasteiger charge is -2.35. The van der Waals surface area contributed by atoms with E-state index >= 15 is 0 Å². The van der Waals surface area contributed by atoms with Crippen molar-refractivity contribution in [3.05, 3.63) is 28.2 Å². The Balaban J connectivity index is 1.94. The van der Waals surface area contributed by atoms with Gasteiger partial charge in [0.15, 0.2) is 6.10 Å². The molecular weight excluding hydrogens is 327 g/mol. The van der Waals surface area contributed by atoms with Crippen LogP contribution in [0.25, 0.3) is 0 Å². The van der Waals surface area contributed by atoms with Crippen molar-refractivity contribution in [2.45, 2.75) is 20.0 Å². The molecular formula is C15H18Cl2N2O3. The number of amides is 2. The molecule has 0 spiro atoms. The Kier molecular flexibility index (Phi) is 5.53. The maximum absolute atomic E-state index is 12.4. The number of benzene rings is 1. The van der Waals surface area contributed by atoms with Crippen molar-refractivity contribution in [2.75, 3.05) is 26.2 Å². The first kappa shape index (κ1) is 16.9. The fourth-order valence-corrected chi connectivity index (χ4v) is 2.86. The van der Waals surface area contributed by atoms with Gasteiger partial charge in [-0.15, -0.1) is 0 Å². The van der Waals surface area contributed by atoms with Crippen LogP contribution in [-0.2, 0) is 9.59 Å². The van der Waals surface area contributed by atoms with Crippen LogP contribution in [-0.4, -0.2) is 53.9 Å². The van der Waals surface area contributed by atoms with Gasteiger partial charge in [-0.2, -0.15) is 0 Å². The summed E-state index contributed by atoms with van der Waals surface area (Å²) in [7, 11) is 0. The summed E-state index contributed by atoms with van der Waals surface area (Å²) in [5.41, 5.74) is 0. The van der Waals surface area contributed by atoms with E-state index in [-0.39, 0.29) is 11.8 Å². The van der Waals surface area contributed by atoms with Crippen LogP contribution in [0.15, 0.2) is 18.2 Å². The zero-order valence-corrected chi connectivity index (χ0v) is 14.0. The van der Waals surface area contributed by atoms with E-state index in [4.69, 9.17) is 27.9 Å². The third-order valence-corrected chi connectivity index (χ3v) is 3.97. The summed E-state index contributed by atoms with van der Waals surface area (Å²) in [4.78, 5) is 27.1. The highest BCUT2D eigenvalue weighted by Crippen LogP contribution is 2.25. The molecule has 1 aromatic carbocycles.